The Labute approximate surface area is 176 Å². The van der Waals surface area contributed by atoms with Crippen LogP contribution in [0.5, 0.6) is 5.75 Å². The molecule has 3 rings (SSSR count). The van der Waals surface area contributed by atoms with Crippen molar-refractivity contribution in [3.05, 3.63) is 71.6 Å². The van der Waals surface area contributed by atoms with E-state index in [9.17, 15) is 9.59 Å². The van der Waals surface area contributed by atoms with Crippen LogP contribution in [0.25, 0.3) is 17.0 Å². The predicted octanol–water partition coefficient (Wildman–Crippen LogP) is 3.97. The number of para-hydroxylation sites is 2. The Hall–Kier alpha value is -3.54. The summed E-state index contributed by atoms with van der Waals surface area (Å²) in [6, 6.07) is 14.8. The number of fused-ring (bicyclic) bond motifs is 1. The van der Waals surface area contributed by atoms with E-state index in [0.717, 1.165) is 23.0 Å². The molecule has 0 unspecified atom stereocenters. The largest absolute Gasteiger partial charge is 0.496 e. The number of nitrogens with zero attached hydrogens (tertiary/aromatic N) is 1. The van der Waals surface area contributed by atoms with Gasteiger partial charge in [-0.25, -0.2) is 0 Å². The average molecular weight is 405 g/mol. The molecule has 3 aromatic rings. The van der Waals surface area contributed by atoms with Crippen molar-refractivity contribution in [3.8, 4) is 5.75 Å². The third-order valence-corrected chi connectivity index (χ3v) is 4.72. The zero-order valence-corrected chi connectivity index (χ0v) is 17.7. The van der Waals surface area contributed by atoms with Gasteiger partial charge < -0.3 is 19.9 Å². The number of rotatable bonds is 7. The van der Waals surface area contributed by atoms with Gasteiger partial charge in [-0.3, -0.25) is 9.59 Å². The van der Waals surface area contributed by atoms with Gasteiger partial charge in [0.1, 0.15) is 11.4 Å². The molecule has 0 saturated heterocycles. The van der Waals surface area contributed by atoms with Gasteiger partial charge in [0.2, 0.25) is 0 Å². The number of nitrogens with one attached hydrogen (secondary N) is 2. The van der Waals surface area contributed by atoms with Crippen LogP contribution in [0.2, 0.25) is 0 Å². The quantitative estimate of drug-likeness (QED) is 0.585. The molecular formula is C24H27N3O3. The summed E-state index contributed by atoms with van der Waals surface area (Å²) in [6.07, 6.45) is 3.71. The fourth-order valence-electron chi connectivity index (χ4n) is 3.33. The number of carbonyl (C=O) groups excluding carboxylic acids is 2. The predicted molar refractivity (Wildman–Crippen MR) is 119 cm³/mol. The number of carbonyl (C=O) groups is 2. The number of ether oxygens (including phenoxy) is 1. The average Bonchev–Trinajstić information content (AvgIpc) is 3.10. The summed E-state index contributed by atoms with van der Waals surface area (Å²) in [7, 11) is 1.51. The minimum absolute atomic E-state index is 0.0685. The van der Waals surface area contributed by atoms with Crippen molar-refractivity contribution in [3.63, 3.8) is 0 Å². The highest BCUT2D eigenvalue weighted by atomic mass is 16.5. The van der Waals surface area contributed by atoms with Crippen LogP contribution in [-0.4, -0.2) is 29.5 Å². The Morgan fingerprint density at radius 1 is 1.10 bits per heavy atom. The molecule has 0 aliphatic carbocycles. The van der Waals surface area contributed by atoms with Crippen molar-refractivity contribution in [1.29, 1.82) is 0 Å². The highest BCUT2D eigenvalue weighted by Crippen LogP contribution is 2.24. The molecule has 1 aromatic heterocycles. The lowest BCUT2D eigenvalue weighted by molar-refractivity contribution is -0.118. The topological polar surface area (TPSA) is 72.4 Å². The number of hydrogen-bond acceptors (Lipinski definition) is 3. The van der Waals surface area contributed by atoms with Crippen molar-refractivity contribution >= 4 is 28.8 Å². The molecule has 2 aromatic carbocycles. The highest BCUT2D eigenvalue weighted by molar-refractivity contribution is 6.07. The van der Waals surface area contributed by atoms with Gasteiger partial charge in [0, 0.05) is 35.2 Å². The maximum absolute atomic E-state index is 12.9. The van der Waals surface area contributed by atoms with Gasteiger partial charge in [0.15, 0.2) is 0 Å². The van der Waals surface area contributed by atoms with Gasteiger partial charge in [-0.15, -0.1) is 0 Å². The summed E-state index contributed by atoms with van der Waals surface area (Å²) in [5.74, 6) is -0.306. The number of hydrogen-bond donors (Lipinski definition) is 2. The van der Waals surface area contributed by atoms with Crippen molar-refractivity contribution in [2.24, 2.45) is 0 Å². The Balaban J connectivity index is 2.03. The van der Waals surface area contributed by atoms with Crippen molar-refractivity contribution in [1.82, 2.24) is 15.2 Å². The molecule has 1 heterocycles. The molecule has 0 radical (unpaired) electrons. The molecule has 0 fully saturated rings. The fraction of sp³-hybridized carbons (Fsp3) is 0.250. The molecule has 30 heavy (non-hydrogen) atoms. The van der Waals surface area contributed by atoms with Crippen LogP contribution in [0, 0.1) is 0 Å². The van der Waals surface area contributed by atoms with Crippen LogP contribution >= 0.6 is 0 Å². The standard InChI is InChI=1S/C24H27N3O3/c1-5-27-15-17(18-10-6-8-12-21(18)27)14-20(24(29)25-16(2)3)26-23(28)19-11-7-9-13-22(19)30-4/h6-16H,5H2,1-4H3,(H,25,29)(H,26,28). The second kappa shape index (κ2) is 9.31. The molecule has 0 spiro atoms. The van der Waals surface area contributed by atoms with Gasteiger partial charge in [-0.1, -0.05) is 30.3 Å². The molecule has 0 saturated carbocycles. The number of methoxy groups -OCH3 is 1. The van der Waals surface area contributed by atoms with E-state index in [1.807, 2.05) is 44.3 Å². The van der Waals surface area contributed by atoms with Crippen LogP contribution in [-0.2, 0) is 11.3 Å². The summed E-state index contributed by atoms with van der Waals surface area (Å²) >= 11 is 0. The summed E-state index contributed by atoms with van der Waals surface area (Å²) < 4.78 is 7.39. The first-order chi connectivity index (χ1) is 14.4. The van der Waals surface area contributed by atoms with E-state index < -0.39 is 5.91 Å². The minimum Gasteiger partial charge on any atom is -0.496 e. The second-order valence-corrected chi connectivity index (χ2v) is 7.23. The summed E-state index contributed by atoms with van der Waals surface area (Å²) in [5.41, 5.74) is 2.48. The van der Waals surface area contributed by atoms with Crippen LogP contribution < -0.4 is 15.4 Å². The first-order valence-corrected chi connectivity index (χ1v) is 9.99. The lowest BCUT2D eigenvalue weighted by Crippen LogP contribution is -2.38. The minimum atomic E-state index is -0.406. The van der Waals surface area contributed by atoms with Gasteiger partial charge in [-0.05, 0) is 45.0 Å². The molecule has 0 aliphatic heterocycles. The Morgan fingerprint density at radius 3 is 2.50 bits per heavy atom. The highest BCUT2D eigenvalue weighted by Gasteiger charge is 2.19. The smallest absolute Gasteiger partial charge is 0.268 e. The third kappa shape index (κ3) is 4.54. The van der Waals surface area contributed by atoms with E-state index in [4.69, 9.17) is 4.74 Å². The lowest BCUT2D eigenvalue weighted by atomic mass is 10.1. The monoisotopic (exact) mass is 405 g/mol. The molecule has 156 valence electrons. The number of amides is 2. The van der Waals surface area contributed by atoms with Crippen LogP contribution in [0.3, 0.4) is 0 Å². The molecule has 0 aliphatic rings. The number of benzene rings is 2. The first kappa shape index (κ1) is 21.2. The normalized spacial score (nSPS) is 11.6. The maximum Gasteiger partial charge on any atom is 0.268 e. The van der Waals surface area contributed by atoms with Crippen LogP contribution in [0.15, 0.2) is 60.4 Å². The fourth-order valence-corrected chi connectivity index (χ4v) is 3.33. The van der Waals surface area contributed by atoms with E-state index in [0.29, 0.717) is 11.3 Å². The van der Waals surface area contributed by atoms with E-state index in [2.05, 4.69) is 22.1 Å². The van der Waals surface area contributed by atoms with E-state index in [1.54, 1.807) is 30.3 Å². The number of aromatic nitrogens is 1. The van der Waals surface area contributed by atoms with Gasteiger partial charge in [-0.2, -0.15) is 0 Å². The molecular weight excluding hydrogens is 378 g/mol. The second-order valence-electron chi connectivity index (χ2n) is 7.23. The summed E-state index contributed by atoms with van der Waals surface area (Å²) in [6.45, 7) is 6.62. The van der Waals surface area contributed by atoms with Crippen LogP contribution in [0.4, 0.5) is 0 Å². The van der Waals surface area contributed by atoms with Gasteiger partial charge in [0.25, 0.3) is 11.8 Å². The Morgan fingerprint density at radius 2 is 1.80 bits per heavy atom. The van der Waals surface area contributed by atoms with E-state index in [-0.39, 0.29) is 17.6 Å². The zero-order chi connectivity index (χ0) is 21.7. The summed E-state index contributed by atoms with van der Waals surface area (Å²) in [4.78, 5) is 25.8. The SMILES string of the molecule is CCn1cc(C=C(NC(=O)c2ccccc2OC)C(=O)NC(C)C)c2ccccc21. The van der Waals surface area contributed by atoms with E-state index in [1.165, 1.54) is 7.11 Å². The molecule has 2 amide bonds. The van der Waals surface area contributed by atoms with Crippen molar-refractivity contribution in [2.45, 2.75) is 33.4 Å². The molecule has 6 heteroatoms. The van der Waals surface area contributed by atoms with Crippen molar-refractivity contribution in [2.75, 3.05) is 7.11 Å². The zero-order valence-electron chi connectivity index (χ0n) is 17.7. The van der Waals surface area contributed by atoms with Crippen molar-refractivity contribution < 1.29 is 14.3 Å². The molecule has 0 bridgehead atoms. The van der Waals surface area contributed by atoms with Gasteiger partial charge in [0.05, 0.1) is 12.7 Å². The lowest BCUT2D eigenvalue weighted by Gasteiger charge is -2.14. The van der Waals surface area contributed by atoms with Gasteiger partial charge >= 0.3 is 0 Å². The summed E-state index contributed by atoms with van der Waals surface area (Å²) in [5, 5.41) is 6.65. The third-order valence-electron chi connectivity index (χ3n) is 4.72. The van der Waals surface area contributed by atoms with E-state index >= 15 is 0 Å². The van der Waals surface area contributed by atoms with Crippen LogP contribution in [0.1, 0.15) is 36.7 Å². The Bertz CT molecular complexity index is 1100. The molecule has 6 nitrogen and oxygen atoms in total. The molecule has 2 N–H and O–H groups in total. The Kier molecular flexibility index (Phi) is 6.57. The first-order valence-electron chi connectivity index (χ1n) is 9.99. The maximum atomic E-state index is 12.9. The number of aryl methyl sites for hydroxylation is 1. The molecule has 0 atom stereocenters.